The van der Waals surface area contributed by atoms with Crippen LogP contribution in [-0.2, 0) is 11.3 Å². The average molecular weight is 418 g/mol. The van der Waals surface area contributed by atoms with Gasteiger partial charge in [0.2, 0.25) is 5.91 Å². The molecule has 0 bridgehead atoms. The Morgan fingerprint density at radius 2 is 2.03 bits per heavy atom. The first-order valence-electron chi connectivity index (χ1n) is 10.4. The summed E-state index contributed by atoms with van der Waals surface area (Å²) < 4.78 is 14.0. The molecule has 1 unspecified atom stereocenters. The Bertz CT molecular complexity index is 837. The minimum atomic E-state index is -0.158. The molecular formula is C22H31N3O3S. The van der Waals surface area contributed by atoms with Crippen LogP contribution in [0.25, 0.3) is 0 Å². The Labute approximate surface area is 177 Å². The van der Waals surface area contributed by atoms with E-state index >= 15 is 0 Å². The van der Waals surface area contributed by atoms with Gasteiger partial charge in [0.25, 0.3) is 0 Å². The third-order valence-corrected chi connectivity index (χ3v) is 6.17. The second kappa shape index (κ2) is 10.1. The molecule has 2 heterocycles. The van der Waals surface area contributed by atoms with Crippen molar-refractivity contribution in [2.24, 2.45) is 0 Å². The van der Waals surface area contributed by atoms with Crippen molar-refractivity contribution in [1.82, 2.24) is 14.5 Å². The SMILES string of the molecule is CCCCn1c(SCC(=O)N(CC)CC2COc3ccccc3O2)nc(C)c1C. The predicted molar refractivity (Wildman–Crippen MR) is 116 cm³/mol. The molecule has 2 aromatic rings. The third-order valence-electron chi connectivity index (χ3n) is 5.21. The summed E-state index contributed by atoms with van der Waals surface area (Å²) in [5.41, 5.74) is 2.22. The van der Waals surface area contributed by atoms with Crippen LogP contribution >= 0.6 is 11.8 Å². The zero-order valence-corrected chi connectivity index (χ0v) is 18.6. The average Bonchev–Trinajstić information content (AvgIpc) is 3.01. The van der Waals surface area contributed by atoms with E-state index in [-0.39, 0.29) is 12.0 Å². The number of unbranched alkanes of at least 4 members (excludes halogenated alkanes) is 1. The van der Waals surface area contributed by atoms with E-state index in [2.05, 4.69) is 23.4 Å². The molecule has 0 N–H and O–H groups in total. The van der Waals surface area contributed by atoms with Crippen LogP contribution < -0.4 is 9.47 Å². The van der Waals surface area contributed by atoms with Crippen molar-refractivity contribution in [1.29, 1.82) is 0 Å². The summed E-state index contributed by atoms with van der Waals surface area (Å²) >= 11 is 1.52. The maximum Gasteiger partial charge on any atom is 0.233 e. The number of thioether (sulfide) groups is 1. The number of nitrogens with zero attached hydrogens (tertiary/aromatic N) is 3. The number of carbonyl (C=O) groups excluding carboxylic acids is 1. The topological polar surface area (TPSA) is 56.6 Å². The number of rotatable bonds is 9. The fourth-order valence-corrected chi connectivity index (χ4v) is 4.36. The normalized spacial score (nSPS) is 15.4. The van der Waals surface area contributed by atoms with Crippen molar-refractivity contribution in [2.75, 3.05) is 25.4 Å². The van der Waals surface area contributed by atoms with Crippen LogP contribution in [0.4, 0.5) is 0 Å². The molecule has 3 rings (SSSR count). The number of hydrogen-bond acceptors (Lipinski definition) is 5. The van der Waals surface area contributed by atoms with Crippen LogP contribution in [-0.4, -0.2) is 51.9 Å². The smallest absolute Gasteiger partial charge is 0.233 e. The van der Waals surface area contributed by atoms with E-state index < -0.39 is 0 Å². The zero-order chi connectivity index (χ0) is 20.8. The highest BCUT2D eigenvalue weighted by Crippen LogP contribution is 2.31. The maximum atomic E-state index is 12.9. The van der Waals surface area contributed by atoms with Crippen LogP contribution in [0, 0.1) is 13.8 Å². The van der Waals surface area contributed by atoms with Gasteiger partial charge in [-0.3, -0.25) is 4.79 Å². The van der Waals surface area contributed by atoms with Gasteiger partial charge in [0.1, 0.15) is 6.61 Å². The van der Waals surface area contributed by atoms with Gasteiger partial charge in [-0.2, -0.15) is 0 Å². The van der Waals surface area contributed by atoms with E-state index in [0.717, 1.165) is 41.7 Å². The van der Waals surface area contributed by atoms with Gasteiger partial charge in [-0.15, -0.1) is 0 Å². The number of aryl methyl sites for hydroxylation is 1. The number of imidazole rings is 1. The van der Waals surface area contributed by atoms with Gasteiger partial charge in [0.05, 0.1) is 18.0 Å². The van der Waals surface area contributed by atoms with E-state index in [9.17, 15) is 4.79 Å². The van der Waals surface area contributed by atoms with Gasteiger partial charge in [0, 0.05) is 18.8 Å². The summed E-state index contributed by atoms with van der Waals surface area (Å²) in [5.74, 6) is 1.98. The number of fused-ring (bicyclic) bond motifs is 1. The van der Waals surface area contributed by atoms with Gasteiger partial charge in [-0.05, 0) is 39.3 Å². The van der Waals surface area contributed by atoms with Crippen LogP contribution in [0.3, 0.4) is 0 Å². The minimum absolute atomic E-state index is 0.0975. The predicted octanol–water partition coefficient (Wildman–Crippen LogP) is 4.08. The number of ether oxygens (including phenoxy) is 2. The van der Waals surface area contributed by atoms with E-state index in [1.165, 1.54) is 17.5 Å². The van der Waals surface area contributed by atoms with Crippen molar-refractivity contribution in [3.63, 3.8) is 0 Å². The minimum Gasteiger partial charge on any atom is -0.486 e. The summed E-state index contributed by atoms with van der Waals surface area (Å²) in [4.78, 5) is 19.4. The van der Waals surface area contributed by atoms with Crippen LogP contribution in [0.1, 0.15) is 38.1 Å². The number of hydrogen-bond donors (Lipinski definition) is 0. The molecule has 6 nitrogen and oxygen atoms in total. The second-order valence-corrected chi connectivity index (χ2v) is 8.23. The first kappa shape index (κ1) is 21.6. The lowest BCUT2D eigenvalue weighted by molar-refractivity contribution is -0.129. The van der Waals surface area contributed by atoms with Gasteiger partial charge < -0.3 is 18.9 Å². The monoisotopic (exact) mass is 417 g/mol. The molecule has 1 amide bonds. The molecule has 0 spiro atoms. The maximum absolute atomic E-state index is 12.9. The molecule has 1 aromatic heterocycles. The van der Waals surface area contributed by atoms with Crippen molar-refractivity contribution < 1.29 is 14.3 Å². The summed E-state index contributed by atoms with van der Waals surface area (Å²) in [5, 5.41) is 0.934. The molecule has 0 radical (unpaired) electrons. The van der Waals surface area contributed by atoms with Crippen molar-refractivity contribution in [2.45, 2.75) is 58.3 Å². The molecule has 0 aliphatic carbocycles. The lowest BCUT2D eigenvalue weighted by atomic mass is 10.2. The van der Waals surface area contributed by atoms with Crippen molar-refractivity contribution >= 4 is 17.7 Å². The highest BCUT2D eigenvalue weighted by Gasteiger charge is 2.25. The first-order chi connectivity index (χ1) is 14.0. The number of para-hydroxylation sites is 2. The number of carbonyl (C=O) groups is 1. The van der Waals surface area contributed by atoms with E-state index in [1.54, 1.807) is 0 Å². The fraction of sp³-hybridized carbons (Fsp3) is 0.545. The standard InChI is InChI=1S/C22H31N3O3S/c1-5-7-12-25-17(4)16(3)23-22(25)29-15-21(26)24(6-2)13-18-14-27-19-10-8-9-11-20(19)28-18/h8-11,18H,5-7,12-15H2,1-4H3. The van der Waals surface area contributed by atoms with Gasteiger partial charge in [-0.25, -0.2) is 4.98 Å². The lowest BCUT2D eigenvalue weighted by Crippen LogP contribution is -2.44. The van der Waals surface area contributed by atoms with E-state index in [1.807, 2.05) is 43.0 Å². The van der Waals surface area contributed by atoms with E-state index in [0.29, 0.717) is 25.4 Å². The second-order valence-electron chi connectivity index (χ2n) is 7.29. The molecule has 1 aromatic carbocycles. The summed E-state index contributed by atoms with van der Waals surface area (Å²) in [6.45, 7) is 10.9. The third kappa shape index (κ3) is 5.26. The largest absolute Gasteiger partial charge is 0.486 e. The highest BCUT2D eigenvalue weighted by molar-refractivity contribution is 7.99. The van der Waals surface area contributed by atoms with Crippen LogP contribution in [0.2, 0.25) is 0 Å². The number of amides is 1. The molecule has 0 saturated heterocycles. The lowest BCUT2D eigenvalue weighted by Gasteiger charge is -2.30. The Balaban J connectivity index is 1.58. The number of likely N-dealkylation sites (N-methyl/N-ethyl adjacent to an activating group) is 1. The molecule has 29 heavy (non-hydrogen) atoms. The molecular weight excluding hydrogens is 386 g/mol. The molecule has 1 aliphatic rings. The Kier molecular flexibility index (Phi) is 7.47. The van der Waals surface area contributed by atoms with Crippen molar-refractivity contribution in [3.05, 3.63) is 35.7 Å². The van der Waals surface area contributed by atoms with Crippen molar-refractivity contribution in [3.8, 4) is 11.5 Å². The molecule has 0 saturated carbocycles. The molecule has 7 heteroatoms. The Morgan fingerprint density at radius 3 is 2.76 bits per heavy atom. The van der Waals surface area contributed by atoms with Gasteiger partial charge in [-0.1, -0.05) is 37.2 Å². The van der Waals surface area contributed by atoms with Crippen LogP contribution in [0.15, 0.2) is 29.4 Å². The summed E-state index contributed by atoms with van der Waals surface area (Å²) in [7, 11) is 0. The molecule has 1 aliphatic heterocycles. The first-order valence-corrected chi connectivity index (χ1v) is 11.3. The van der Waals surface area contributed by atoms with Gasteiger partial charge >= 0.3 is 0 Å². The number of aromatic nitrogens is 2. The molecule has 158 valence electrons. The Morgan fingerprint density at radius 1 is 1.28 bits per heavy atom. The quantitative estimate of drug-likeness (QED) is 0.576. The molecule has 1 atom stereocenters. The van der Waals surface area contributed by atoms with E-state index in [4.69, 9.17) is 9.47 Å². The molecule has 0 fully saturated rings. The van der Waals surface area contributed by atoms with Gasteiger partial charge in [0.15, 0.2) is 22.8 Å². The zero-order valence-electron chi connectivity index (χ0n) is 17.8. The summed E-state index contributed by atoms with van der Waals surface area (Å²) in [6, 6.07) is 7.65. The summed E-state index contributed by atoms with van der Waals surface area (Å²) in [6.07, 6.45) is 2.09. The number of benzene rings is 1. The highest BCUT2D eigenvalue weighted by atomic mass is 32.2. The fourth-order valence-electron chi connectivity index (χ4n) is 3.34. The van der Waals surface area contributed by atoms with Crippen LogP contribution in [0.5, 0.6) is 11.5 Å². The Hall–Kier alpha value is -2.15.